The average Bonchev–Trinajstić information content (AvgIpc) is 2.53. The van der Waals surface area contributed by atoms with Crippen LogP contribution in [0.4, 0.5) is 5.69 Å². The summed E-state index contributed by atoms with van der Waals surface area (Å²) < 4.78 is 0. The molecule has 0 radical (unpaired) electrons. The summed E-state index contributed by atoms with van der Waals surface area (Å²) in [5, 5.41) is 3.77. The van der Waals surface area contributed by atoms with Crippen LogP contribution in [0.25, 0.3) is 0 Å². The van der Waals surface area contributed by atoms with Gasteiger partial charge >= 0.3 is 0 Å². The molecule has 1 atom stereocenters. The van der Waals surface area contributed by atoms with Crippen molar-refractivity contribution in [2.45, 2.75) is 53.0 Å². The molecule has 2 aromatic rings. The van der Waals surface area contributed by atoms with E-state index >= 15 is 0 Å². The Morgan fingerprint density at radius 1 is 0.905 bits per heavy atom. The molecule has 0 aliphatic carbocycles. The van der Waals surface area contributed by atoms with Crippen LogP contribution in [-0.2, 0) is 12.8 Å². The van der Waals surface area contributed by atoms with Crippen LogP contribution in [0, 0.1) is 6.92 Å². The highest BCUT2D eigenvalue weighted by Crippen LogP contribution is 2.28. The summed E-state index contributed by atoms with van der Waals surface area (Å²) in [6.07, 6.45) is 3.25. The maximum Gasteiger partial charge on any atom is 0.0511 e. The summed E-state index contributed by atoms with van der Waals surface area (Å²) >= 11 is 0. The zero-order valence-electron chi connectivity index (χ0n) is 13.7. The molecule has 1 unspecified atom stereocenters. The third-order valence-corrected chi connectivity index (χ3v) is 4.26. The third-order valence-electron chi connectivity index (χ3n) is 4.26. The molecule has 0 aliphatic rings. The summed E-state index contributed by atoms with van der Waals surface area (Å²) in [6, 6.07) is 16.0. The lowest BCUT2D eigenvalue weighted by atomic mass is 9.99. The summed E-state index contributed by atoms with van der Waals surface area (Å²) in [7, 11) is 0. The second-order valence-electron chi connectivity index (χ2n) is 5.66. The molecule has 0 aromatic heterocycles. The highest BCUT2D eigenvalue weighted by atomic mass is 14.9. The number of aryl methyl sites for hydroxylation is 3. The fourth-order valence-corrected chi connectivity index (χ4v) is 2.81. The normalized spacial score (nSPS) is 12.2. The standard InChI is InChI=1S/C20H27N/c1-5-16-11-13-18(14-12-16)19(7-3)21-20-15(4)9-8-10-17(20)6-2/h8-14,19,21H,5-7H2,1-4H3. The number of nitrogens with one attached hydrogen (secondary N) is 1. The fourth-order valence-electron chi connectivity index (χ4n) is 2.81. The Morgan fingerprint density at radius 2 is 1.62 bits per heavy atom. The Hall–Kier alpha value is -1.76. The first-order valence-corrected chi connectivity index (χ1v) is 8.13. The predicted molar refractivity (Wildman–Crippen MR) is 93.0 cm³/mol. The maximum absolute atomic E-state index is 3.77. The van der Waals surface area contributed by atoms with Gasteiger partial charge in [0.2, 0.25) is 0 Å². The van der Waals surface area contributed by atoms with Crippen molar-refractivity contribution in [2.24, 2.45) is 0 Å². The minimum Gasteiger partial charge on any atom is -0.378 e. The molecule has 1 nitrogen and oxygen atoms in total. The molecule has 0 saturated carbocycles. The summed E-state index contributed by atoms with van der Waals surface area (Å²) in [6.45, 7) is 8.85. The zero-order chi connectivity index (χ0) is 15.2. The van der Waals surface area contributed by atoms with Gasteiger partial charge in [-0.05, 0) is 48.4 Å². The molecule has 21 heavy (non-hydrogen) atoms. The van der Waals surface area contributed by atoms with Crippen LogP contribution in [0.1, 0.15) is 55.5 Å². The highest BCUT2D eigenvalue weighted by molar-refractivity contribution is 5.58. The van der Waals surface area contributed by atoms with Gasteiger partial charge < -0.3 is 5.32 Å². The molecule has 1 heteroatoms. The van der Waals surface area contributed by atoms with Crippen molar-refractivity contribution in [1.29, 1.82) is 0 Å². The highest BCUT2D eigenvalue weighted by Gasteiger charge is 2.12. The minimum atomic E-state index is 0.377. The quantitative estimate of drug-likeness (QED) is 0.718. The summed E-state index contributed by atoms with van der Waals surface area (Å²) in [5.41, 5.74) is 6.82. The van der Waals surface area contributed by atoms with Gasteiger partial charge in [0.15, 0.2) is 0 Å². The van der Waals surface area contributed by atoms with Gasteiger partial charge in [0.25, 0.3) is 0 Å². The van der Waals surface area contributed by atoms with Gasteiger partial charge in [0.05, 0.1) is 6.04 Å². The van der Waals surface area contributed by atoms with Gasteiger partial charge in [-0.25, -0.2) is 0 Å². The van der Waals surface area contributed by atoms with Crippen molar-refractivity contribution in [3.63, 3.8) is 0 Å². The largest absolute Gasteiger partial charge is 0.378 e. The number of rotatable bonds is 6. The van der Waals surface area contributed by atoms with Crippen LogP contribution in [0.2, 0.25) is 0 Å². The van der Waals surface area contributed by atoms with Gasteiger partial charge in [0, 0.05) is 5.69 Å². The van der Waals surface area contributed by atoms with Gasteiger partial charge in [-0.1, -0.05) is 63.2 Å². The lowest BCUT2D eigenvalue weighted by molar-refractivity contribution is 0.746. The molecule has 0 spiro atoms. The van der Waals surface area contributed by atoms with Crippen LogP contribution >= 0.6 is 0 Å². The van der Waals surface area contributed by atoms with Crippen molar-refractivity contribution in [2.75, 3.05) is 5.32 Å². The smallest absolute Gasteiger partial charge is 0.0511 e. The summed E-state index contributed by atoms with van der Waals surface area (Å²) in [4.78, 5) is 0. The van der Waals surface area contributed by atoms with E-state index in [1.54, 1.807) is 0 Å². The van der Waals surface area contributed by atoms with Gasteiger partial charge in [-0.3, -0.25) is 0 Å². The van der Waals surface area contributed by atoms with E-state index in [2.05, 4.69) is 75.5 Å². The van der Waals surface area contributed by atoms with Gasteiger partial charge in [-0.15, -0.1) is 0 Å². The van der Waals surface area contributed by atoms with Crippen molar-refractivity contribution >= 4 is 5.69 Å². The molecule has 0 fully saturated rings. The second kappa shape index (κ2) is 7.31. The van der Waals surface area contributed by atoms with E-state index < -0.39 is 0 Å². The fraction of sp³-hybridized carbons (Fsp3) is 0.400. The maximum atomic E-state index is 3.77. The Labute approximate surface area is 129 Å². The topological polar surface area (TPSA) is 12.0 Å². The Morgan fingerprint density at radius 3 is 2.19 bits per heavy atom. The predicted octanol–water partition coefficient (Wildman–Crippen LogP) is 5.68. The van der Waals surface area contributed by atoms with Crippen LogP contribution in [-0.4, -0.2) is 0 Å². The lowest BCUT2D eigenvalue weighted by Gasteiger charge is -2.22. The minimum absolute atomic E-state index is 0.377. The molecular formula is C20H27N. The number of hydrogen-bond acceptors (Lipinski definition) is 1. The van der Waals surface area contributed by atoms with E-state index in [1.165, 1.54) is 27.9 Å². The van der Waals surface area contributed by atoms with Gasteiger partial charge in [0.1, 0.15) is 0 Å². The monoisotopic (exact) mass is 281 g/mol. The molecule has 1 N–H and O–H groups in total. The molecule has 112 valence electrons. The first-order valence-electron chi connectivity index (χ1n) is 8.13. The van der Waals surface area contributed by atoms with Crippen molar-refractivity contribution in [1.82, 2.24) is 0 Å². The van der Waals surface area contributed by atoms with E-state index in [-0.39, 0.29) is 0 Å². The number of benzene rings is 2. The first-order chi connectivity index (χ1) is 10.2. The van der Waals surface area contributed by atoms with Crippen LogP contribution in [0.3, 0.4) is 0 Å². The number of hydrogen-bond donors (Lipinski definition) is 1. The molecule has 0 bridgehead atoms. The van der Waals surface area contributed by atoms with Crippen molar-refractivity contribution < 1.29 is 0 Å². The van der Waals surface area contributed by atoms with E-state index in [4.69, 9.17) is 0 Å². The van der Waals surface area contributed by atoms with E-state index in [1.807, 2.05) is 0 Å². The molecule has 0 aliphatic heterocycles. The van der Waals surface area contributed by atoms with Crippen LogP contribution < -0.4 is 5.32 Å². The molecule has 0 heterocycles. The summed E-state index contributed by atoms with van der Waals surface area (Å²) in [5.74, 6) is 0. The zero-order valence-corrected chi connectivity index (χ0v) is 13.7. The van der Waals surface area contributed by atoms with Crippen LogP contribution in [0.15, 0.2) is 42.5 Å². The second-order valence-corrected chi connectivity index (χ2v) is 5.66. The molecular weight excluding hydrogens is 254 g/mol. The molecule has 0 amide bonds. The average molecular weight is 281 g/mol. The van der Waals surface area contributed by atoms with Crippen LogP contribution in [0.5, 0.6) is 0 Å². The molecule has 2 rings (SSSR count). The van der Waals surface area contributed by atoms with Gasteiger partial charge in [-0.2, -0.15) is 0 Å². The Kier molecular flexibility index (Phi) is 5.44. The van der Waals surface area contributed by atoms with Crippen molar-refractivity contribution in [3.05, 3.63) is 64.7 Å². The van der Waals surface area contributed by atoms with Crippen molar-refractivity contribution in [3.8, 4) is 0 Å². The number of anilines is 1. The lowest BCUT2D eigenvalue weighted by Crippen LogP contribution is -2.12. The third kappa shape index (κ3) is 3.66. The Bertz CT molecular complexity index is 569. The van der Waals surface area contributed by atoms with E-state index in [0.29, 0.717) is 6.04 Å². The first kappa shape index (κ1) is 15.6. The van der Waals surface area contributed by atoms with E-state index in [9.17, 15) is 0 Å². The van der Waals surface area contributed by atoms with E-state index in [0.717, 1.165) is 19.3 Å². The molecule has 2 aromatic carbocycles. The molecule has 0 saturated heterocycles. The number of para-hydroxylation sites is 1. The Balaban J connectivity index is 2.26. The SMILES string of the molecule is CCc1ccc(C(CC)Nc2c(C)cccc2CC)cc1.